The Hall–Kier alpha value is -1.85. The number of nitrogen functional groups attached to an aromatic ring is 1. The van der Waals surface area contributed by atoms with Crippen LogP contribution in [-0.4, -0.2) is 15.0 Å². The van der Waals surface area contributed by atoms with E-state index in [1.807, 2.05) is 30.3 Å². The third-order valence-electron chi connectivity index (χ3n) is 3.46. The Morgan fingerprint density at radius 3 is 2.38 bits per heavy atom. The molecule has 112 valence electrons. The molecular formula is C16H20N2O2S. The first kappa shape index (κ1) is 15.5. The van der Waals surface area contributed by atoms with Crippen molar-refractivity contribution in [2.45, 2.75) is 25.2 Å². The van der Waals surface area contributed by atoms with Gasteiger partial charge in [-0.2, -0.15) is 0 Å². The first-order valence-corrected chi connectivity index (χ1v) is 8.29. The van der Waals surface area contributed by atoms with Crippen molar-refractivity contribution in [2.24, 2.45) is 0 Å². The fraction of sp³-hybridized carbons (Fsp3) is 0.250. The van der Waals surface area contributed by atoms with Gasteiger partial charge in [0, 0.05) is 12.2 Å². The summed E-state index contributed by atoms with van der Waals surface area (Å²) in [4.78, 5) is 0.288. The van der Waals surface area contributed by atoms with Gasteiger partial charge in [0.1, 0.15) is 0 Å². The van der Waals surface area contributed by atoms with Gasteiger partial charge in [0.15, 0.2) is 0 Å². The molecule has 0 amide bonds. The van der Waals surface area contributed by atoms with Crippen LogP contribution in [0.1, 0.15) is 16.7 Å². The molecule has 0 saturated carbocycles. The zero-order valence-corrected chi connectivity index (χ0v) is 13.1. The molecule has 0 aromatic heterocycles. The lowest BCUT2D eigenvalue weighted by molar-refractivity contribution is 0.580. The van der Waals surface area contributed by atoms with E-state index in [9.17, 15) is 8.42 Å². The summed E-state index contributed by atoms with van der Waals surface area (Å²) in [5.41, 5.74) is 8.70. The highest BCUT2D eigenvalue weighted by molar-refractivity contribution is 7.89. The van der Waals surface area contributed by atoms with Gasteiger partial charge in [-0.1, -0.05) is 36.4 Å². The van der Waals surface area contributed by atoms with Crippen LogP contribution in [0, 0.1) is 13.8 Å². The van der Waals surface area contributed by atoms with Crippen LogP contribution in [0.3, 0.4) is 0 Å². The molecule has 0 aliphatic rings. The molecule has 0 bridgehead atoms. The molecule has 2 rings (SSSR count). The predicted molar refractivity (Wildman–Crippen MR) is 85.7 cm³/mol. The molecule has 5 heteroatoms. The predicted octanol–water partition coefficient (Wildman–Crippen LogP) is 2.41. The molecular weight excluding hydrogens is 284 g/mol. The number of nitrogens with two attached hydrogens (primary N) is 1. The molecule has 0 spiro atoms. The number of aryl methyl sites for hydroxylation is 1. The van der Waals surface area contributed by atoms with Gasteiger partial charge < -0.3 is 5.73 Å². The molecule has 0 heterocycles. The van der Waals surface area contributed by atoms with E-state index in [1.165, 1.54) is 0 Å². The minimum atomic E-state index is -3.54. The maximum Gasteiger partial charge on any atom is 0.241 e. The van der Waals surface area contributed by atoms with E-state index in [1.54, 1.807) is 26.0 Å². The van der Waals surface area contributed by atoms with Crippen LogP contribution in [-0.2, 0) is 16.4 Å². The fourth-order valence-electron chi connectivity index (χ4n) is 2.30. The third kappa shape index (κ3) is 3.62. The van der Waals surface area contributed by atoms with Crippen LogP contribution < -0.4 is 10.5 Å². The normalized spacial score (nSPS) is 11.5. The van der Waals surface area contributed by atoms with E-state index >= 15 is 0 Å². The van der Waals surface area contributed by atoms with Crippen LogP contribution in [0.15, 0.2) is 47.4 Å². The standard InChI is InChI=1S/C16H20N2O2S/c1-12-8-9-15(17)13(2)16(12)21(19,20)18-11-10-14-6-4-3-5-7-14/h3-9,18H,10-11,17H2,1-2H3. The molecule has 0 saturated heterocycles. The van der Waals surface area contributed by atoms with Gasteiger partial charge in [0.25, 0.3) is 0 Å². The summed E-state index contributed by atoms with van der Waals surface area (Å²) in [6, 6.07) is 13.2. The molecule has 0 fully saturated rings. The van der Waals surface area contributed by atoms with Crippen molar-refractivity contribution in [1.82, 2.24) is 4.72 Å². The number of sulfonamides is 1. The first-order valence-electron chi connectivity index (χ1n) is 6.81. The average Bonchev–Trinajstić information content (AvgIpc) is 2.44. The van der Waals surface area contributed by atoms with Gasteiger partial charge in [-0.3, -0.25) is 0 Å². The van der Waals surface area contributed by atoms with Crippen molar-refractivity contribution < 1.29 is 8.42 Å². The van der Waals surface area contributed by atoms with Crippen molar-refractivity contribution in [2.75, 3.05) is 12.3 Å². The van der Waals surface area contributed by atoms with Crippen LogP contribution in [0.5, 0.6) is 0 Å². The van der Waals surface area contributed by atoms with Crippen LogP contribution in [0.25, 0.3) is 0 Å². The van der Waals surface area contributed by atoms with Gasteiger partial charge in [-0.05, 0) is 43.0 Å². The van der Waals surface area contributed by atoms with Gasteiger partial charge in [-0.25, -0.2) is 13.1 Å². The number of benzene rings is 2. The summed E-state index contributed by atoms with van der Waals surface area (Å²) in [6.07, 6.45) is 0.653. The van der Waals surface area contributed by atoms with Crippen LogP contribution >= 0.6 is 0 Å². The highest BCUT2D eigenvalue weighted by Crippen LogP contribution is 2.24. The minimum Gasteiger partial charge on any atom is -0.398 e. The van der Waals surface area contributed by atoms with E-state index in [0.29, 0.717) is 29.8 Å². The lowest BCUT2D eigenvalue weighted by Gasteiger charge is -2.13. The molecule has 2 aromatic carbocycles. The second-order valence-electron chi connectivity index (χ2n) is 5.06. The zero-order valence-electron chi connectivity index (χ0n) is 12.3. The largest absolute Gasteiger partial charge is 0.398 e. The summed E-state index contributed by atoms with van der Waals surface area (Å²) >= 11 is 0. The lowest BCUT2D eigenvalue weighted by Crippen LogP contribution is -2.27. The lowest BCUT2D eigenvalue weighted by atomic mass is 10.1. The quantitative estimate of drug-likeness (QED) is 0.833. The van der Waals surface area contributed by atoms with Crippen molar-refractivity contribution in [3.63, 3.8) is 0 Å². The topological polar surface area (TPSA) is 72.2 Å². The molecule has 3 N–H and O–H groups in total. The number of hydrogen-bond acceptors (Lipinski definition) is 3. The number of hydrogen-bond donors (Lipinski definition) is 2. The van der Waals surface area contributed by atoms with E-state index in [2.05, 4.69) is 4.72 Å². The second-order valence-corrected chi connectivity index (χ2v) is 6.76. The highest BCUT2D eigenvalue weighted by atomic mass is 32.2. The number of anilines is 1. The maximum absolute atomic E-state index is 12.4. The summed E-state index contributed by atoms with van der Waals surface area (Å²) in [5, 5.41) is 0. The van der Waals surface area contributed by atoms with E-state index < -0.39 is 10.0 Å². The summed E-state index contributed by atoms with van der Waals surface area (Å²) in [7, 11) is -3.54. The number of nitrogens with one attached hydrogen (secondary N) is 1. The maximum atomic E-state index is 12.4. The Balaban J connectivity index is 2.14. The molecule has 0 radical (unpaired) electrons. The highest BCUT2D eigenvalue weighted by Gasteiger charge is 2.20. The summed E-state index contributed by atoms with van der Waals surface area (Å²) < 4.78 is 27.5. The minimum absolute atomic E-state index is 0.288. The molecule has 21 heavy (non-hydrogen) atoms. The summed E-state index contributed by atoms with van der Waals surface area (Å²) in [6.45, 7) is 3.87. The van der Waals surface area contributed by atoms with Crippen LogP contribution in [0.2, 0.25) is 0 Å². The summed E-state index contributed by atoms with van der Waals surface area (Å²) in [5.74, 6) is 0. The van der Waals surface area contributed by atoms with Gasteiger partial charge in [0.05, 0.1) is 4.90 Å². The molecule has 0 aliphatic heterocycles. The Morgan fingerprint density at radius 2 is 1.71 bits per heavy atom. The molecule has 0 unspecified atom stereocenters. The van der Waals surface area contributed by atoms with Crippen molar-refractivity contribution in [3.8, 4) is 0 Å². The van der Waals surface area contributed by atoms with Crippen molar-refractivity contribution in [1.29, 1.82) is 0 Å². The Bertz CT molecular complexity index is 725. The van der Waals surface area contributed by atoms with Gasteiger partial charge in [0.2, 0.25) is 10.0 Å². The fourth-order valence-corrected chi connectivity index (χ4v) is 3.83. The third-order valence-corrected chi connectivity index (χ3v) is 5.21. The smallest absolute Gasteiger partial charge is 0.241 e. The Morgan fingerprint density at radius 1 is 1.05 bits per heavy atom. The van der Waals surface area contributed by atoms with E-state index in [-0.39, 0.29) is 4.90 Å². The van der Waals surface area contributed by atoms with Crippen LogP contribution in [0.4, 0.5) is 5.69 Å². The zero-order chi connectivity index (χ0) is 15.5. The van der Waals surface area contributed by atoms with Gasteiger partial charge in [-0.15, -0.1) is 0 Å². The van der Waals surface area contributed by atoms with Gasteiger partial charge >= 0.3 is 0 Å². The molecule has 4 nitrogen and oxygen atoms in total. The van der Waals surface area contributed by atoms with E-state index in [4.69, 9.17) is 5.73 Å². The SMILES string of the molecule is Cc1ccc(N)c(C)c1S(=O)(=O)NCCc1ccccc1. The van der Waals surface area contributed by atoms with Crippen molar-refractivity contribution >= 4 is 15.7 Å². The molecule has 0 aliphatic carbocycles. The first-order chi connectivity index (χ1) is 9.92. The van der Waals surface area contributed by atoms with E-state index in [0.717, 1.165) is 5.56 Å². The second kappa shape index (κ2) is 6.28. The Labute approximate surface area is 126 Å². The molecule has 2 aromatic rings. The Kier molecular flexibility index (Phi) is 4.65. The average molecular weight is 304 g/mol. The number of rotatable bonds is 5. The van der Waals surface area contributed by atoms with Crippen molar-refractivity contribution in [3.05, 3.63) is 59.2 Å². The monoisotopic (exact) mass is 304 g/mol. The molecule has 0 atom stereocenters.